The third kappa shape index (κ3) is 2.66. The smallest absolute Gasteiger partial charge is 0.279 e. The van der Waals surface area contributed by atoms with Crippen molar-refractivity contribution in [3.63, 3.8) is 0 Å². The zero-order valence-electron chi connectivity index (χ0n) is 12.6. The molecule has 1 heterocycles. The van der Waals surface area contributed by atoms with Gasteiger partial charge < -0.3 is 4.57 Å². The molecule has 3 aromatic rings. The van der Waals surface area contributed by atoms with E-state index >= 15 is 0 Å². The van der Waals surface area contributed by atoms with E-state index in [1.807, 2.05) is 23.7 Å². The number of carbonyl (C=O) groups excluding carboxylic acids is 1. The molecule has 112 valence electrons. The Balaban J connectivity index is 2.15. The van der Waals surface area contributed by atoms with E-state index in [1.54, 1.807) is 23.5 Å². The number of thiazole rings is 1. The van der Waals surface area contributed by atoms with Gasteiger partial charge in [0.15, 0.2) is 4.80 Å². The van der Waals surface area contributed by atoms with Crippen molar-refractivity contribution in [2.24, 2.45) is 12.0 Å². The molecule has 0 saturated carbocycles. The molecule has 0 saturated heterocycles. The number of aromatic nitrogens is 1. The molecular formula is C17H15BrN2OS. The summed E-state index contributed by atoms with van der Waals surface area (Å²) in [5, 5.41) is 0. The molecule has 2 aromatic carbocycles. The number of benzene rings is 2. The van der Waals surface area contributed by atoms with E-state index in [2.05, 4.69) is 46.9 Å². The summed E-state index contributed by atoms with van der Waals surface area (Å²) in [6.45, 7) is 4.16. The summed E-state index contributed by atoms with van der Waals surface area (Å²) < 4.78 is 4.13. The van der Waals surface area contributed by atoms with Crippen LogP contribution >= 0.6 is 27.3 Å². The summed E-state index contributed by atoms with van der Waals surface area (Å²) in [6.07, 6.45) is 0. The summed E-state index contributed by atoms with van der Waals surface area (Å²) in [4.78, 5) is 17.4. The minimum atomic E-state index is -0.218. The lowest BCUT2D eigenvalue weighted by Crippen LogP contribution is -2.13. The molecule has 0 atom stereocenters. The van der Waals surface area contributed by atoms with Gasteiger partial charge in [-0.2, -0.15) is 4.99 Å². The van der Waals surface area contributed by atoms with E-state index in [0.717, 1.165) is 14.8 Å². The fourth-order valence-electron chi connectivity index (χ4n) is 2.41. The van der Waals surface area contributed by atoms with E-state index in [9.17, 15) is 4.79 Å². The molecule has 3 nitrogen and oxygen atoms in total. The fraction of sp³-hybridized carbons (Fsp3) is 0.176. The molecule has 0 fully saturated rings. The first-order valence-corrected chi connectivity index (χ1v) is 8.48. The van der Waals surface area contributed by atoms with Crippen LogP contribution in [0.5, 0.6) is 0 Å². The largest absolute Gasteiger partial charge is 0.319 e. The Bertz CT molecular complexity index is 936. The van der Waals surface area contributed by atoms with Gasteiger partial charge in [0, 0.05) is 17.1 Å². The molecule has 0 bridgehead atoms. The van der Waals surface area contributed by atoms with Gasteiger partial charge in [-0.05, 0) is 49.2 Å². The molecule has 0 radical (unpaired) electrons. The number of hydrogen-bond acceptors (Lipinski definition) is 2. The number of amides is 1. The fourth-order valence-corrected chi connectivity index (χ4v) is 3.84. The van der Waals surface area contributed by atoms with Gasteiger partial charge in [-0.25, -0.2) is 0 Å². The Morgan fingerprint density at radius 3 is 2.36 bits per heavy atom. The predicted octanol–water partition coefficient (Wildman–Crippen LogP) is 4.36. The van der Waals surface area contributed by atoms with E-state index in [1.165, 1.54) is 15.8 Å². The number of aryl methyl sites for hydroxylation is 3. The van der Waals surface area contributed by atoms with Gasteiger partial charge in [-0.1, -0.05) is 39.4 Å². The lowest BCUT2D eigenvalue weighted by atomic mass is 10.1. The number of fused-ring (bicyclic) bond motifs is 1. The van der Waals surface area contributed by atoms with Gasteiger partial charge in [0.2, 0.25) is 0 Å². The number of carbonyl (C=O) groups is 1. The monoisotopic (exact) mass is 374 g/mol. The van der Waals surface area contributed by atoms with Crippen molar-refractivity contribution in [2.75, 3.05) is 0 Å². The van der Waals surface area contributed by atoms with Crippen molar-refractivity contribution in [2.45, 2.75) is 13.8 Å². The zero-order valence-corrected chi connectivity index (χ0v) is 15.0. The molecule has 3 rings (SSSR count). The van der Waals surface area contributed by atoms with Gasteiger partial charge in [0.05, 0.1) is 10.2 Å². The molecule has 5 heteroatoms. The lowest BCUT2D eigenvalue weighted by Gasteiger charge is -2.01. The summed E-state index contributed by atoms with van der Waals surface area (Å²) in [7, 11) is 1.96. The highest BCUT2D eigenvalue weighted by Crippen LogP contribution is 2.24. The average molecular weight is 375 g/mol. The van der Waals surface area contributed by atoms with Gasteiger partial charge in [0.1, 0.15) is 0 Å². The molecule has 0 aliphatic carbocycles. The van der Waals surface area contributed by atoms with Crippen LogP contribution in [-0.4, -0.2) is 10.5 Å². The summed E-state index contributed by atoms with van der Waals surface area (Å²) in [5.74, 6) is -0.218. The quantitative estimate of drug-likeness (QED) is 0.622. The first-order valence-electron chi connectivity index (χ1n) is 6.88. The molecule has 1 amide bonds. The first-order chi connectivity index (χ1) is 10.5. The van der Waals surface area contributed by atoms with Crippen LogP contribution in [0.1, 0.15) is 21.5 Å². The van der Waals surface area contributed by atoms with E-state index < -0.39 is 0 Å². The molecule has 0 aliphatic rings. The summed E-state index contributed by atoms with van der Waals surface area (Å²) in [5.41, 5.74) is 4.14. The van der Waals surface area contributed by atoms with Gasteiger partial charge in [-0.15, -0.1) is 0 Å². The van der Waals surface area contributed by atoms with Crippen LogP contribution < -0.4 is 4.80 Å². The van der Waals surface area contributed by atoms with Crippen LogP contribution in [0.15, 0.2) is 45.9 Å². The Morgan fingerprint density at radius 1 is 1.09 bits per heavy atom. The van der Waals surface area contributed by atoms with E-state index in [4.69, 9.17) is 0 Å². The van der Waals surface area contributed by atoms with Crippen LogP contribution in [0, 0.1) is 13.8 Å². The molecule has 0 spiro atoms. The highest BCUT2D eigenvalue weighted by atomic mass is 79.9. The van der Waals surface area contributed by atoms with E-state index in [-0.39, 0.29) is 5.91 Å². The molecule has 0 aliphatic heterocycles. The van der Waals surface area contributed by atoms with Crippen molar-refractivity contribution >= 4 is 43.4 Å². The molecule has 0 N–H and O–H groups in total. The molecule has 22 heavy (non-hydrogen) atoms. The van der Waals surface area contributed by atoms with Gasteiger partial charge in [0.25, 0.3) is 5.91 Å². The zero-order chi connectivity index (χ0) is 15.9. The van der Waals surface area contributed by atoms with Crippen LogP contribution in [0.2, 0.25) is 0 Å². The Morgan fingerprint density at radius 2 is 1.73 bits per heavy atom. The van der Waals surface area contributed by atoms with Crippen molar-refractivity contribution in [3.8, 4) is 0 Å². The van der Waals surface area contributed by atoms with Gasteiger partial charge >= 0.3 is 0 Å². The maximum Gasteiger partial charge on any atom is 0.279 e. The minimum absolute atomic E-state index is 0.218. The second-order valence-electron chi connectivity index (χ2n) is 5.24. The number of nitrogens with zero attached hydrogens (tertiary/aromatic N) is 2. The predicted molar refractivity (Wildman–Crippen MR) is 94.3 cm³/mol. The highest BCUT2D eigenvalue weighted by Gasteiger charge is 2.10. The Labute approximate surface area is 141 Å². The van der Waals surface area contributed by atoms with Crippen molar-refractivity contribution < 1.29 is 4.79 Å². The van der Waals surface area contributed by atoms with Crippen molar-refractivity contribution in [1.29, 1.82) is 0 Å². The van der Waals surface area contributed by atoms with Crippen LogP contribution in [-0.2, 0) is 7.05 Å². The van der Waals surface area contributed by atoms with Crippen molar-refractivity contribution in [3.05, 3.63) is 62.4 Å². The second-order valence-corrected chi connectivity index (χ2v) is 7.14. The van der Waals surface area contributed by atoms with Crippen LogP contribution in [0.4, 0.5) is 0 Å². The molecular weight excluding hydrogens is 360 g/mol. The number of hydrogen-bond donors (Lipinski definition) is 0. The number of halogens is 1. The normalized spacial score (nSPS) is 12.1. The standard InChI is InChI=1S/C17H15BrN2OS/c1-10-4-5-11(2)15-14(10)20(3)17(22-15)19-16(21)12-6-8-13(18)9-7-12/h4-9H,1-3H3. The topological polar surface area (TPSA) is 34.4 Å². The third-order valence-corrected chi connectivity index (χ3v) is 5.43. The molecule has 1 aromatic heterocycles. The summed E-state index contributed by atoms with van der Waals surface area (Å²) in [6, 6.07) is 11.5. The van der Waals surface area contributed by atoms with Gasteiger partial charge in [-0.3, -0.25) is 4.79 Å². The van der Waals surface area contributed by atoms with Crippen LogP contribution in [0.3, 0.4) is 0 Å². The van der Waals surface area contributed by atoms with Crippen LogP contribution in [0.25, 0.3) is 10.2 Å². The third-order valence-electron chi connectivity index (χ3n) is 3.63. The average Bonchev–Trinajstić information content (AvgIpc) is 2.82. The minimum Gasteiger partial charge on any atom is -0.319 e. The first kappa shape index (κ1) is 15.2. The molecule has 0 unspecified atom stereocenters. The number of rotatable bonds is 1. The maximum atomic E-state index is 12.3. The van der Waals surface area contributed by atoms with E-state index in [0.29, 0.717) is 5.56 Å². The Kier molecular flexibility index (Phi) is 4.02. The maximum absolute atomic E-state index is 12.3. The Hall–Kier alpha value is -1.72. The SMILES string of the molecule is Cc1ccc(C)c2c1sc(=NC(=O)c1ccc(Br)cc1)n2C. The summed E-state index contributed by atoms with van der Waals surface area (Å²) >= 11 is 4.93. The highest BCUT2D eigenvalue weighted by molar-refractivity contribution is 9.10. The lowest BCUT2D eigenvalue weighted by molar-refractivity contribution is 0.0998. The van der Waals surface area contributed by atoms with Crippen molar-refractivity contribution in [1.82, 2.24) is 4.57 Å². The second kappa shape index (κ2) is 5.82.